The Morgan fingerprint density at radius 2 is 1.67 bits per heavy atom. The van der Waals surface area contributed by atoms with E-state index in [2.05, 4.69) is 4.18 Å². The number of rotatable bonds is 4. The van der Waals surface area contributed by atoms with Crippen molar-refractivity contribution in [3.63, 3.8) is 0 Å². The average molecular weight is 306 g/mol. The van der Waals surface area contributed by atoms with Gasteiger partial charge in [-0.2, -0.15) is 8.42 Å². The van der Waals surface area contributed by atoms with E-state index in [-0.39, 0.29) is 17.1 Å². The maximum absolute atomic E-state index is 12.5. The average Bonchev–Trinajstić information content (AvgIpc) is 2.43. The molecule has 0 aliphatic carbocycles. The van der Waals surface area contributed by atoms with Crippen molar-refractivity contribution in [3.8, 4) is 5.75 Å². The van der Waals surface area contributed by atoms with Crippen LogP contribution < -0.4 is 4.18 Å². The van der Waals surface area contributed by atoms with E-state index in [1.165, 1.54) is 6.07 Å². The summed E-state index contributed by atoms with van der Waals surface area (Å²) in [5.41, 5.74) is 1.72. The van der Waals surface area contributed by atoms with Gasteiger partial charge in [-0.05, 0) is 31.0 Å². The molecule has 0 saturated heterocycles. The highest BCUT2D eigenvalue weighted by atomic mass is 32.3. The van der Waals surface area contributed by atoms with Crippen LogP contribution in [0.2, 0.25) is 0 Å². The van der Waals surface area contributed by atoms with Crippen molar-refractivity contribution in [2.75, 3.05) is 0 Å². The molecule has 0 saturated carbocycles. The van der Waals surface area contributed by atoms with Gasteiger partial charge in [-0.25, -0.2) is 0 Å². The molecule has 5 nitrogen and oxygen atoms in total. The van der Waals surface area contributed by atoms with Crippen molar-refractivity contribution in [1.82, 2.24) is 0 Å². The lowest BCUT2D eigenvalue weighted by atomic mass is 9.98. The van der Waals surface area contributed by atoms with Gasteiger partial charge in [-0.15, -0.1) is 0 Å². The van der Waals surface area contributed by atoms with Crippen molar-refractivity contribution < 1.29 is 21.9 Å². The zero-order valence-electron chi connectivity index (χ0n) is 11.5. The van der Waals surface area contributed by atoms with E-state index in [9.17, 15) is 13.2 Å². The van der Waals surface area contributed by atoms with Gasteiger partial charge in [0.05, 0.1) is 5.56 Å². The first-order valence-electron chi connectivity index (χ1n) is 6.16. The fourth-order valence-corrected chi connectivity index (χ4v) is 2.35. The second-order valence-corrected chi connectivity index (χ2v) is 5.61. The van der Waals surface area contributed by atoms with Crippen LogP contribution in [-0.2, 0) is 10.4 Å². The van der Waals surface area contributed by atoms with Crippen molar-refractivity contribution >= 4 is 16.2 Å². The van der Waals surface area contributed by atoms with Crippen LogP contribution in [0.25, 0.3) is 0 Å². The molecule has 0 atom stereocenters. The number of hydrogen-bond acceptors (Lipinski definition) is 4. The number of hydrogen-bond donors (Lipinski definition) is 1. The number of benzene rings is 2. The molecule has 0 heterocycles. The van der Waals surface area contributed by atoms with Crippen LogP contribution >= 0.6 is 0 Å². The van der Waals surface area contributed by atoms with Gasteiger partial charge in [0.15, 0.2) is 11.5 Å². The number of carbonyl (C=O) groups excluding carboxylic acids is 1. The summed E-state index contributed by atoms with van der Waals surface area (Å²) in [5.74, 6) is -0.524. The first kappa shape index (κ1) is 15.2. The molecule has 0 unspecified atom stereocenters. The molecular formula is C15H14O5S. The predicted octanol–water partition coefficient (Wildman–Crippen LogP) is 2.72. The molecule has 21 heavy (non-hydrogen) atoms. The number of aryl methyl sites for hydroxylation is 1. The van der Waals surface area contributed by atoms with Crippen LogP contribution in [0.4, 0.5) is 0 Å². The first-order valence-corrected chi connectivity index (χ1v) is 7.53. The van der Waals surface area contributed by atoms with Crippen LogP contribution in [0, 0.1) is 13.8 Å². The Bertz CT molecular complexity index is 779. The normalized spacial score (nSPS) is 11.2. The summed E-state index contributed by atoms with van der Waals surface area (Å²) in [5, 5.41) is 0. The van der Waals surface area contributed by atoms with Gasteiger partial charge in [0.25, 0.3) is 0 Å². The third-order valence-corrected chi connectivity index (χ3v) is 3.52. The minimum atomic E-state index is -4.71. The maximum atomic E-state index is 12.5. The summed E-state index contributed by atoms with van der Waals surface area (Å²) in [6.45, 7) is 3.38. The highest BCUT2D eigenvalue weighted by molar-refractivity contribution is 7.81. The van der Waals surface area contributed by atoms with Gasteiger partial charge >= 0.3 is 10.4 Å². The minimum absolute atomic E-state index is 0.0851. The fourth-order valence-electron chi connectivity index (χ4n) is 1.93. The van der Waals surface area contributed by atoms with E-state index < -0.39 is 10.4 Å². The van der Waals surface area contributed by atoms with Crippen molar-refractivity contribution in [1.29, 1.82) is 0 Å². The molecule has 0 aromatic heterocycles. The lowest BCUT2D eigenvalue weighted by molar-refractivity contribution is 0.103. The van der Waals surface area contributed by atoms with Crippen molar-refractivity contribution in [2.24, 2.45) is 0 Å². The molecule has 1 N–H and O–H groups in total. The largest absolute Gasteiger partial charge is 0.446 e. The predicted molar refractivity (Wildman–Crippen MR) is 78.0 cm³/mol. The van der Waals surface area contributed by atoms with Gasteiger partial charge < -0.3 is 4.18 Å². The van der Waals surface area contributed by atoms with Crippen LogP contribution in [0.15, 0.2) is 42.5 Å². The molecule has 0 fully saturated rings. The Morgan fingerprint density at radius 3 is 2.24 bits per heavy atom. The topological polar surface area (TPSA) is 80.7 Å². The summed E-state index contributed by atoms with van der Waals surface area (Å²) in [6.07, 6.45) is 0. The lowest BCUT2D eigenvalue weighted by Crippen LogP contribution is -2.13. The Morgan fingerprint density at radius 1 is 1.05 bits per heavy atom. The monoisotopic (exact) mass is 306 g/mol. The summed E-state index contributed by atoms with van der Waals surface area (Å²) in [4.78, 5) is 12.5. The summed E-state index contributed by atoms with van der Waals surface area (Å²) >= 11 is 0. The highest BCUT2D eigenvalue weighted by Crippen LogP contribution is 2.29. The van der Waals surface area contributed by atoms with Crippen molar-refractivity contribution in [3.05, 3.63) is 64.7 Å². The second kappa shape index (κ2) is 5.67. The Kier molecular flexibility index (Phi) is 4.11. The molecule has 2 aromatic rings. The second-order valence-electron chi connectivity index (χ2n) is 4.59. The molecule has 110 valence electrons. The SMILES string of the molecule is Cc1ccc(C(=O)c2ccccc2)c(OS(=O)(=O)O)c1C. The first-order chi connectivity index (χ1) is 9.79. The zero-order chi connectivity index (χ0) is 15.6. The summed E-state index contributed by atoms with van der Waals surface area (Å²) < 4.78 is 35.5. The molecular weight excluding hydrogens is 292 g/mol. The van der Waals surface area contributed by atoms with Gasteiger partial charge in [0, 0.05) is 5.56 Å². The van der Waals surface area contributed by atoms with Gasteiger partial charge in [0.2, 0.25) is 0 Å². The third kappa shape index (κ3) is 3.48. The Balaban J connectivity index is 2.59. The molecule has 0 amide bonds. The van der Waals surface area contributed by atoms with E-state index in [4.69, 9.17) is 4.55 Å². The van der Waals surface area contributed by atoms with Crippen LogP contribution in [0.5, 0.6) is 5.75 Å². The molecule has 2 aromatic carbocycles. The molecule has 0 bridgehead atoms. The van der Waals surface area contributed by atoms with E-state index in [0.717, 1.165) is 5.56 Å². The Hall–Kier alpha value is -2.18. The van der Waals surface area contributed by atoms with Gasteiger partial charge in [-0.1, -0.05) is 36.4 Å². The summed E-state index contributed by atoms with van der Waals surface area (Å²) in [6, 6.07) is 11.6. The summed E-state index contributed by atoms with van der Waals surface area (Å²) in [7, 11) is -4.71. The molecule has 0 radical (unpaired) electrons. The molecule has 0 aliphatic rings. The zero-order valence-corrected chi connectivity index (χ0v) is 12.3. The smallest absolute Gasteiger partial charge is 0.361 e. The minimum Gasteiger partial charge on any atom is -0.361 e. The molecule has 2 rings (SSSR count). The van der Waals surface area contributed by atoms with E-state index >= 15 is 0 Å². The fraction of sp³-hybridized carbons (Fsp3) is 0.133. The van der Waals surface area contributed by atoms with Crippen LogP contribution in [-0.4, -0.2) is 18.8 Å². The van der Waals surface area contributed by atoms with E-state index in [1.807, 2.05) is 0 Å². The number of carbonyl (C=O) groups is 1. The molecule has 0 spiro atoms. The standard InChI is InChI=1S/C15H14O5S/c1-10-8-9-13(14(16)12-6-4-3-5-7-12)15(11(10)2)20-21(17,18)19/h3-9H,1-2H3,(H,17,18,19). The maximum Gasteiger partial charge on any atom is 0.446 e. The third-order valence-electron chi connectivity index (χ3n) is 3.15. The van der Waals surface area contributed by atoms with E-state index in [0.29, 0.717) is 11.1 Å². The van der Waals surface area contributed by atoms with E-state index in [1.54, 1.807) is 50.2 Å². The quantitative estimate of drug-likeness (QED) is 0.694. The van der Waals surface area contributed by atoms with Crippen LogP contribution in [0.1, 0.15) is 27.0 Å². The van der Waals surface area contributed by atoms with Gasteiger partial charge in [-0.3, -0.25) is 9.35 Å². The molecule has 6 heteroatoms. The lowest BCUT2D eigenvalue weighted by Gasteiger charge is -2.13. The molecule has 0 aliphatic heterocycles. The Labute approximate surface area is 123 Å². The van der Waals surface area contributed by atoms with Gasteiger partial charge in [0.1, 0.15) is 0 Å². The van der Waals surface area contributed by atoms with Crippen molar-refractivity contribution in [2.45, 2.75) is 13.8 Å². The van der Waals surface area contributed by atoms with Crippen LogP contribution in [0.3, 0.4) is 0 Å². The highest BCUT2D eigenvalue weighted by Gasteiger charge is 2.21. The number of ketones is 1.